The summed E-state index contributed by atoms with van der Waals surface area (Å²) in [5.74, 6) is 0.722. The van der Waals surface area contributed by atoms with Crippen molar-refractivity contribution in [3.8, 4) is 17.1 Å². The minimum absolute atomic E-state index is 0.0509. The molecule has 0 fully saturated rings. The maximum atomic E-state index is 12.4. The molecule has 4 aromatic rings. The Kier molecular flexibility index (Phi) is 5.50. The topological polar surface area (TPSA) is 47.0 Å². The Bertz CT molecular complexity index is 1230. The van der Waals surface area contributed by atoms with E-state index in [-0.39, 0.29) is 11.2 Å². The van der Waals surface area contributed by atoms with E-state index in [0.717, 1.165) is 16.6 Å². The van der Waals surface area contributed by atoms with Gasteiger partial charge in [-0.1, -0.05) is 45.0 Å². The first-order chi connectivity index (χ1) is 15.1. The summed E-state index contributed by atoms with van der Waals surface area (Å²) in [6.07, 6.45) is -4.74. The molecule has 32 heavy (non-hydrogen) atoms. The van der Waals surface area contributed by atoms with Crippen LogP contribution < -0.4 is 10.1 Å². The van der Waals surface area contributed by atoms with Gasteiger partial charge in [-0.2, -0.15) is 0 Å². The van der Waals surface area contributed by atoms with Crippen molar-refractivity contribution in [2.75, 3.05) is 5.32 Å². The standard InChI is InChI=1S/C25H22F3N3O/c1-24(2,3)17-10-12-18(13-11-17)29-23-20-6-4-5-7-21(20)30-22(31-23)16-8-14-19(15-9-16)32-25(26,27)28/h4-15H,1-3H3,(H,29,30,31). The van der Waals surface area contributed by atoms with Crippen LogP contribution in [0.2, 0.25) is 0 Å². The molecule has 4 rings (SSSR count). The molecule has 0 aliphatic heterocycles. The van der Waals surface area contributed by atoms with Gasteiger partial charge in [0.2, 0.25) is 0 Å². The largest absolute Gasteiger partial charge is 0.573 e. The number of para-hydroxylation sites is 1. The fourth-order valence-corrected chi connectivity index (χ4v) is 3.30. The number of fused-ring (bicyclic) bond motifs is 1. The van der Waals surface area contributed by atoms with Crippen molar-refractivity contribution >= 4 is 22.4 Å². The summed E-state index contributed by atoms with van der Waals surface area (Å²) in [6.45, 7) is 6.47. The van der Waals surface area contributed by atoms with Gasteiger partial charge in [0.05, 0.1) is 5.52 Å². The van der Waals surface area contributed by atoms with Gasteiger partial charge >= 0.3 is 6.36 Å². The Morgan fingerprint density at radius 2 is 1.44 bits per heavy atom. The number of alkyl halides is 3. The molecule has 0 spiro atoms. The molecule has 0 radical (unpaired) electrons. The molecule has 3 aromatic carbocycles. The first-order valence-electron chi connectivity index (χ1n) is 10.1. The van der Waals surface area contributed by atoms with Crippen LogP contribution in [0.15, 0.2) is 72.8 Å². The molecule has 0 amide bonds. The molecule has 0 saturated carbocycles. The van der Waals surface area contributed by atoms with Gasteiger partial charge in [0.25, 0.3) is 0 Å². The number of anilines is 2. The van der Waals surface area contributed by atoms with Crippen molar-refractivity contribution < 1.29 is 17.9 Å². The molecule has 0 saturated heterocycles. The zero-order valence-corrected chi connectivity index (χ0v) is 17.9. The smallest absolute Gasteiger partial charge is 0.406 e. The van der Waals surface area contributed by atoms with Crippen molar-refractivity contribution in [2.45, 2.75) is 32.5 Å². The molecule has 1 heterocycles. The third-order valence-corrected chi connectivity index (χ3v) is 4.96. The number of hydrogen-bond donors (Lipinski definition) is 1. The number of halogens is 3. The van der Waals surface area contributed by atoms with Crippen LogP contribution in [0, 0.1) is 0 Å². The number of aromatic nitrogens is 2. The number of hydrogen-bond acceptors (Lipinski definition) is 4. The molecule has 0 unspecified atom stereocenters. The lowest BCUT2D eigenvalue weighted by Gasteiger charge is -2.19. The van der Waals surface area contributed by atoms with Crippen LogP contribution in [0.25, 0.3) is 22.3 Å². The summed E-state index contributed by atoms with van der Waals surface area (Å²) in [7, 11) is 0. The van der Waals surface area contributed by atoms with Crippen LogP contribution in [0.5, 0.6) is 5.75 Å². The maximum Gasteiger partial charge on any atom is 0.573 e. The molecule has 1 aromatic heterocycles. The second-order valence-electron chi connectivity index (χ2n) is 8.44. The Morgan fingerprint density at radius 3 is 2.06 bits per heavy atom. The van der Waals surface area contributed by atoms with E-state index in [9.17, 15) is 13.2 Å². The fourth-order valence-electron chi connectivity index (χ4n) is 3.30. The number of rotatable bonds is 4. The van der Waals surface area contributed by atoms with Gasteiger partial charge < -0.3 is 10.1 Å². The van der Waals surface area contributed by atoms with Crippen molar-refractivity contribution in [3.05, 3.63) is 78.4 Å². The Hall–Kier alpha value is -3.61. The highest BCUT2D eigenvalue weighted by Gasteiger charge is 2.31. The van der Waals surface area contributed by atoms with E-state index < -0.39 is 6.36 Å². The van der Waals surface area contributed by atoms with Crippen LogP contribution in [0.4, 0.5) is 24.7 Å². The van der Waals surface area contributed by atoms with Crippen LogP contribution >= 0.6 is 0 Å². The molecular formula is C25H22F3N3O. The van der Waals surface area contributed by atoms with Gasteiger partial charge in [0.15, 0.2) is 5.82 Å². The minimum Gasteiger partial charge on any atom is -0.406 e. The van der Waals surface area contributed by atoms with Crippen molar-refractivity contribution in [1.82, 2.24) is 9.97 Å². The Balaban J connectivity index is 1.69. The van der Waals surface area contributed by atoms with Gasteiger partial charge in [-0.25, -0.2) is 9.97 Å². The normalized spacial score (nSPS) is 12.1. The number of nitrogens with one attached hydrogen (secondary N) is 1. The third kappa shape index (κ3) is 4.99. The van der Waals surface area contributed by atoms with Gasteiger partial charge in [-0.05, 0) is 59.5 Å². The third-order valence-electron chi connectivity index (χ3n) is 4.96. The average molecular weight is 437 g/mol. The summed E-state index contributed by atoms with van der Waals surface area (Å²) < 4.78 is 41.2. The van der Waals surface area contributed by atoms with Gasteiger partial charge in [-0.15, -0.1) is 13.2 Å². The SMILES string of the molecule is CC(C)(C)c1ccc(Nc2nc(-c3ccc(OC(F)(F)F)cc3)nc3ccccc23)cc1. The lowest BCUT2D eigenvalue weighted by Crippen LogP contribution is -2.16. The molecule has 7 heteroatoms. The maximum absolute atomic E-state index is 12.4. The molecule has 0 aliphatic rings. The predicted molar refractivity (Wildman–Crippen MR) is 120 cm³/mol. The number of ether oxygens (including phenoxy) is 1. The average Bonchev–Trinajstić information content (AvgIpc) is 2.73. The van der Waals surface area contributed by atoms with E-state index in [1.165, 1.54) is 29.8 Å². The van der Waals surface area contributed by atoms with E-state index >= 15 is 0 Å². The predicted octanol–water partition coefficient (Wildman–Crippen LogP) is 7.24. The second-order valence-corrected chi connectivity index (χ2v) is 8.44. The quantitative estimate of drug-likeness (QED) is 0.366. The minimum atomic E-state index is -4.74. The highest BCUT2D eigenvalue weighted by molar-refractivity contribution is 5.92. The zero-order chi connectivity index (χ0) is 22.9. The highest BCUT2D eigenvalue weighted by atomic mass is 19.4. The van der Waals surface area contributed by atoms with Crippen molar-refractivity contribution in [2.24, 2.45) is 0 Å². The summed E-state index contributed by atoms with van der Waals surface area (Å²) in [6, 6.07) is 21.2. The van der Waals surface area contributed by atoms with E-state index in [2.05, 4.69) is 52.9 Å². The Labute approximate surface area is 184 Å². The molecule has 0 aliphatic carbocycles. The summed E-state index contributed by atoms with van der Waals surface area (Å²) in [5, 5.41) is 4.19. The summed E-state index contributed by atoms with van der Waals surface area (Å²) in [5.41, 5.74) is 3.45. The zero-order valence-electron chi connectivity index (χ0n) is 17.9. The first-order valence-corrected chi connectivity index (χ1v) is 10.1. The Morgan fingerprint density at radius 1 is 0.781 bits per heavy atom. The van der Waals surface area contributed by atoms with Gasteiger partial charge in [-0.3, -0.25) is 0 Å². The number of benzene rings is 3. The molecule has 1 N–H and O–H groups in total. The molecular weight excluding hydrogens is 415 g/mol. The summed E-state index contributed by atoms with van der Waals surface area (Å²) >= 11 is 0. The first kappa shape index (κ1) is 21.6. The van der Waals surface area contributed by atoms with Crippen molar-refractivity contribution in [1.29, 1.82) is 0 Å². The van der Waals surface area contributed by atoms with Crippen LogP contribution in [-0.4, -0.2) is 16.3 Å². The van der Waals surface area contributed by atoms with Gasteiger partial charge in [0, 0.05) is 16.6 Å². The molecule has 0 atom stereocenters. The van der Waals surface area contributed by atoms with E-state index in [1.54, 1.807) is 0 Å². The van der Waals surface area contributed by atoms with E-state index in [1.807, 2.05) is 36.4 Å². The fraction of sp³-hybridized carbons (Fsp3) is 0.200. The highest BCUT2D eigenvalue weighted by Crippen LogP contribution is 2.30. The number of nitrogens with zero attached hydrogens (tertiary/aromatic N) is 2. The molecule has 0 bridgehead atoms. The van der Waals surface area contributed by atoms with Crippen molar-refractivity contribution in [3.63, 3.8) is 0 Å². The van der Waals surface area contributed by atoms with E-state index in [4.69, 9.17) is 0 Å². The van der Waals surface area contributed by atoms with Crippen LogP contribution in [0.1, 0.15) is 26.3 Å². The lowest BCUT2D eigenvalue weighted by molar-refractivity contribution is -0.274. The summed E-state index contributed by atoms with van der Waals surface area (Å²) in [4.78, 5) is 9.24. The van der Waals surface area contributed by atoms with E-state index in [0.29, 0.717) is 17.2 Å². The molecule has 164 valence electrons. The van der Waals surface area contributed by atoms with Gasteiger partial charge in [0.1, 0.15) is 11.6 Å². The monoisotopic (exact) mass is 437 g/mol. The lowest BCUT2D eigenvalue weighted by atomic mass is 9.87. The van der Waals surface area contributed by atoms with Crippen LogP contribution in [0.3, 0.4) is 0 Å². The van der Waals surface area contributed by atoms with Crippen LogP contribution in [-0.2, 0) is 5.41 Å². The molecule has 4 nitrogen and oxygen atoms in total. The second kappa shape index (κ2) is 8.15.